The van der Waals surface area contributed by atoms with Gasteiger partial charge in [-0.3, -0.25) is 9.59 Å². The van der Waals surface area contributed by atoms with E-state index < -0.39 is 0 Å². The Kier molecular flexibility index (Phi) is 6.74. The van der Waals surface area contributed by atoms with E-state index in [0.29, 0.717) is 28.6 Å². The van der Waals surface area contributed by atoms with Gasteiger partial charge in [0.05, 0.1) is 0 Å². The predicted molar refractivity (Wildman–Crippen MR) is 130 cm³/mol. The van der Waals surface area contributed by atoms with Gasteiger partial charge in [0, 0.05) is 16.8 Å². The lowest BCUT2D eigenvalue weighted by Gasteiger charge is -2.11. The molecule has 4 aromatic rings. The van der Waals surface area contributed by atoms with E-state index >= 15 is 0 Å². The van der Waals surface area contributed by atoms with Crippen molar-refractivity contribution < 1.29 is 18.7 Å². The van der Waals surface area contributed by atoms with Crippen LogP contribution in [0.2, 0.25) is 0 Å². The molecule has 1 heterocycles. The first-order valence-electron chi connectivity index (χ1n) is 10.9. The van der Waals surface area contributed by atoms with Crippen molar-refractivity contribution in [1.82, 2.24) is 0 Å². The van der Waals surface area contributed by atoms with Gasteiger partial charge in [-0.05, 0) is 66.4 Å². The third-order valence-electron chi connectivity index (χ3n) is 5.51. The van der Waals surface area contributed by atoms with Gasteiger partial charge in [-0.15, -0.1) is 0 Å². The highest BCUT2D eigenvalue weighted by Gasteiger charge is 2.12. The van der Waals surface area contributed by atoms with Gasteiger partial charge >= 0.3 is 0 Å². The van der Waals surface area contributed by atoms with Gasteiger partial charge in [0.25, 0.3) is 11.8 Å². The summed E-state index contributed by atoms with van der Waals surface area (Å²) in [7, 11) is 0. The number of benzene rings is 3. The Bertz CT molecular complexity index is 1210. The Balaban J connectivity index is 1.28. The summed E-state index contributed by atoms with van der Waals surface area (Å²) in [4.78, 5) is 24.7. The minimum absolute atomic E-state index is 0.0901. The molecule has 0 aliphatic carbocycles. The molecule has 6 nitrogen and oxygen atoms in total. The number of amides is 2. The standard InChI is InChI=1S/C27H26N2O4/c1-3-18(2)19-8-14-23(15-9-19)32-17-26(30)28-21-10-12-22(13-11-21)29-27(31)25-16-20-6-4-5-7-24(20)33-25/h4-16,18H,3,17H2,1-2H3,(H,28,30)(H,29,31)/t18-/m0/s1. The highest BCUT2D eigenvalue weighted by Crippen LogP contribution is 2.22. The summed E-state index contributed by atoms with van der Waals surface area (Å²) >= 11 is 0. The average Bonchev–Trinajstić information content (AvgIpc) is 3.28. The van der Waals surface area contributed by atoms with Gasteiger partial charge in [-0.2, -0.15) is 0 Å². The molecule has 0 aliphatic heterocycles. The van der Waals surface area contributed by atoms with E-state index in [1.165, 1.54) is 5.56 Å². The topological polar surface area (TPSA) is 80.6 Å². The number of ether oxygens (including phenoxy) is 1. The molecule has 0 radical (unpaired) electrons. The van der Waals surface area contributed by atoms with Crippen molar-refractivity contribution >= 4 is 34.2 Å². The van der Waals surface area contributed by atoms with E-state index in [4.69, 9.17) is 9.15 Å². The quantitative estimate of drug-likeness (QED) is 0.340. The molecule has 0 saturated carbocycles. The normalized spacial score (nSPS) is 11.7. The second-order valence-corrected chi connectivity index (χ2v) is 7.90. The van der Waals surface area contributed by atoms with Crippen LogP contribution in [0, 0.1) is 0 Å². The van der Waals surface area contributed by atoms with Gasteiger partial charge in [0.1, 0.15) is 11.3 Å². The zero-order valence-corrected chi connectivity index (χ0v) is 18.6. The average molecular weight is 443 g/mol. The van der Waals surface area contributed by atoms with E-state index in [-0.39, 0.29) is 24.2 Å². The first-order chi connectivity index (χ1) is 16.0. The lowest BCUT2D eigenvalue weighted by molar-refractivity contribution is -0.118. The molecule has 0 unspecified atom stereocenters. The monoisotopic (exact) mass is 442 g/mol. The van der Waals surface area contributed by atoms with Gasteiger partial charge in [-0.25, -0.2) is 0 Å². The number of hydrogen-bond acceptors (Lipinski definition) is 4. The molecule has 0 spiro atoms. The Morgan fingerprint density at radius 3 is 2.24 bits per heavy atom. The maximum atomic E-state index is 12.5. The van der Waals surface area contributed by atoms with Crippen molar-refractivity contribution in [2.45, 2.75) is 26.2 Å². The van der Waals surface area contributed by atoms with E-state index in [0.717, 1.165) is 11.8 Å². The summed E-state index contributed by atoms with van der Waals surface area (Å²) in [5, 5.41) is 6.45. The summed E-state index contributed by atoms with van der Waals surface area (Å²) in [5.41, 5.74) is 3.12. The third kappa shape index (κ3) is 5.60. The summed E-state index contributed by atoms with van der Waals surface area (Å²) in [6, 6.07) is 23.8. The molecule has 6 heteroatoms. The summed E-state index contributed by atoms with van der Waals surface area (Å²) in [6.45, 7) is 4.24. The van der Waals surface area contributed by atoms with Crippen molar-refractivity contribution in [3.63, 3.8) is 0 Å². The number of carbonyl (C=O) groups excluding carboxylic acids is 2. The molecule has 0 aliphatic rings. The van der Waals surface area contributed by atoms with E-state index in [1.807, 2.05) is 48.5 Å². The minimum atomic E-state index is -0.337. The number of furan rings is 1. The fourth-order valence-electron chi connectivity index (χ4n) is 3.40. The van der Waals surface area contributed by atoms with Crippen LogP contribution in [-0.2, 0) is 4.79 Å². The highest BCUT2D eigenvalue weighted by atomic mass is 16.5. The van der Waals surface area contributed by atoms with Gasteiger partial charge < -0.3 is 19.8 Å². The van der Waals surface area contributed by atoms with Gasteiger partial charge in [0.15, 0.2) is 12.4 Å². The Morgan fingerprint density at radius 2 is 1.58 bits per heavy atom. The molecule has 1 aromatic heterocycles. The molecule has 1 atom stereocenters. The molecular formula is C27H26N2O4. The van der Waals surface area contributed by atoms with E-state index in [2.05, 4.69) is 24.5 Å². The Hall–Kier alpha value is -4.06. The molecule has 3 aromatic carbocycles. The fourth-order valence-corrected chi connectivity index (χ4v) is 3.40. The van der Waals surface area contributed by atoms with E-state index in [9.17, 15) is 9.59 Å². The molecule has 0 bridgehead atoms. The summed E-state index contributed by atoms with van der Waals surface area (Å²) in [6.07, 6.45) is 1.07. The Morgan fingerprint density at radius 1 is 0.909 bits per heavy atom. The lowest BCUT2D eigenvalue weighted by Crippen LogP contribution is -2.20. The van der Waals surface area contributed by atoms with Crippen LogP contribution in [0.3, 0.4) is 0 Å². The number of para-hydroxylation sites is 1. The van der Waals surface area contributed by atoms with Crippen LogP contribution in [0.15, 0.2) is 83.3 Å². The number of fused-ring (bicyclic) bond motifs is 1. The first-order valence-corrected chi connectivity index (χ1v) is 10.9. The smallest absolute Gasteiger partial charge is 0.291 e. The summed E-state index contributed by atoms with van der Waals surface area (Å²) in [5.74, 6) is 0.786. The number of carbonyl (C=O) groups is 2. The maximum absolute atomic E-state index is 12.5. The fraction of sp³-hybridized carbons (Fsp3) is 0.185. The zero-order chi connectivity index (χ0) is 23.2. The van der Waals surface area contributed by atoms with Gasteiger partial charge in [0.2, 0.25) is 0 Å². The van der Waals surface area contributed by atoms with Gasteiger partial charge in [-0.1, -0.05) is 44.2 Å². The molecule has 0 saturated heterocycles. The van der Waals surface area contributed by atoms with Crippen LogP contribution in [0.1, 0.15) is 42.3 Å². The first kappa shape index (κ1) is 22.1. The second kappa shape index (κ2) is 10.0. The lowest BCUT2D eigenvalue weighted by atomic mass is 9.99. The molecule has 4 rings (SSSR count). The largest absolute Gasteiger partial charge is 0.484 e. The zero-order valence-electron chi connectivity index (χ0n) is 18.6. The van der Waals surface area contributed by atoms with Crippen LogP contribution in [-0.4, -0.2) is 18.4 Å². The third-order valence-corrected chi connectivity index (χ3v) is 5.51. The predicted octanol–water partition coefficient (Wildman–Crippen LogP) is 6.22. The molecule has 33 heavy (non-hydrogen) atoms. The Labute approximate surface area is 192 Å². The van der Waals surface area contributed by atoms with Crippen LogP contribution in [0.5, 0.6) is 5.75 Å². The van der Waals surface area contributed by atoms with Crippen molar-refractivity contribution in [3.05, 3.63) is 90.2 Å². The SMILES string of the molecule is CC[C@H](C)c1ccc(OCC(=O)Nc2ccc(NC(=O)c3cc4ccccc4o3)cc2)cc1. The maximum Gasteiger partial charge on any atom is 0.291 e. The van der Waals surface area contributed by atoms with Crippen molar-refractivity contribution in [1.29, 1.82) is 0 Å². The molecule has 2 amide bonds. The van der Waals surface area contributed by atoms with Crippen molar-refractivity contribution in [3.8, 4) is 5.75 Å². The number of anilines is 2. The molecule has 2 N–H and O–H groups in total. The summed E-state index contributed by atoms with van der Waals surface area (Å²) < 4.78 is 11.2. The second-order valence-electron chi connectivity index (χ2n) is 7.90. The highest BCUT2D eigenvalue weighted by molar-refractivity contribution is 6.04. The number of nitrogens with one attached hydrogen (secondary N) is 2. The number of hydrogen-bond donors (Lipinski definition) is 2. The minimum Gasteiger partial charge on any atom is -0.484 e. The molecule has 0 fully saturated rings. The van der Waals surface area contributed by atoms with Crippen LogP contribution in [0.25, 0.3) is 11.0 Å². The van der Waals surface area contributed by atoms with Crippen LogP contribution in [0.4, 0.5) is 11.4 Å². The van der Waals surface area contributed by atoms with Crippen LogP contribution >= 0.6 is 0 Å². The van der Waals surface area contributed by atoms with Crippen molar-refractivity contribution in [2.24, 2.45) is 0 Å². The van der Waals surface area contributed by atoms with E-state index in [1.54, 1.807) is 30.3 Å². The number of rotatable bonds is 8. The van der Waals surface area contributed by atoms with Crippen molar-refractivity contribution in [2.75, 3.05) is 17.2 Å². The molecular weight excluding hydrogens is 416 g/mol. The van der Waals surface area contributed by atoms with Crippen LogP contribution < -0.4 is 15.4 Å². The molecule has 168 valence electrons.